The third-order valence-corrected chi connectivity index (χ3v) is 8.22. The van der Waals surface area contributed by atoms with Crippen LogP contribution in [0.2, 0.25) is 0 Å². The fourth-order valence-electron chi connectivity index (χ4n) is 3.71. The van der Waals surface area contributed by atoms with Crippen LogP contribution < -0.4 is 20.1 Å². The van der Waals surface area contributed by atoms with Crippen molar-refractivity contribution in [2.24, 2.45) is 5.92 Å². The van der Waals surface area contributed by atoms with Crippen molar-refractivity contribution in [1.82, 2.24) is 15.3 Å². The first kappa shape index (κ1) is 30.0. The number of anilines is 2. The lowest BCUT2D eigenvalue weighted by Crippen LogP contribution is -2.38. The Labute approximate surface area is 230 Å². The quantitative estimate of drug-likeness (QED) is 0.255. The fraction of sp³-hybridized carbons (Fsp3) is 0.481. The zero-order valence-corrected chi connectivity index (χ0v) is 24.2. The molecule has 0 bridgehead atoms. The SMILES string of the molecule is C=C(C)S/C(=C(/Oc1ccc(NS(=O)C(C)C)c(F)c1F)C(C)CC)c1ccnc(NC2CCCNC2)n1. The Morgan fingerprint density at radius 1 is 1.29 bits per heavy atom. The van der Waals surface area contributed by atoms with Crippen molar-refractivity contribution in [2.75, 3.05) is 23.1 Å². The summed E-state index contributed by atoms with van der Waals surface area (Å²) in [4.78, 5) is 10.6. The predicted octanol–water partition coefficient (Wildman–Crippen LogP) is 6.46. The van der Waals surface area contributed by atoms with Crippen molar-refractivity contribution in [2.45, 2.75) is 65.2 Å². The van der Waals surface area contributed by atoms with Gasteiger partial charge in [-0.2, -0.15) is 4.39 Å². The average Bonchev–Trinajstić information content (AvgIpc) is 2.90. The third-order valence-electron chi connectivity index (χ3n) is 5.98. The van der Waals surface area contributed by atoms with Gasteiger partial charge in [-0.15, -0.1) is 0 Å². The van der Waals surface area contributed by atoms with E-state index in [9.17, 15) is 8.60 Å². The maximum absolute atomic E-state index is 15.2. The summed E-state index contributed by atoms with van der Waals surface area (Å²) in [6, 6.07) is 4.66. The van der Waals surface area contributed by atoms with E-state index in [0.717, 1.165) is 30.8 Å². The van der Waals surface area contributed by atoms with E-state index >= 15 is 4.39 Å². The molecule has 0 saturated carbocycles. The van der Waals surface area contributed by atoms with Crippen molar-refractivity contribution >= 4 is 39.3 Å². The maximum Gasteiger partial charge on any atom is 0.223 e. The molecule has 2 heterocycles. The number of hydrogen-bond donors (Lipinski definition) is 3. The van der Waals surface area contributed by atoms with Crippen LogP contribution in [0, 0.1) is 17.6 Å². The number of piperidine rings is 1. The first-order valence-electron chi connectivity index (χ1n) is 12.8. The zero-order chi connectivity index (χ0) is 27.8. The highest BCUT2D eigenvalue weighted by Crippen LogP contribution is 2.40. The Morgan fingerprint density at radius 2 is 2.05 bits per heavy atom. The molecule has 2 aromatic rings. The second-order valence-electron chi connectivity index (χ2n) is 9.55. The Bertz CT molecular complexity index is 1190. The lowest BCUT2D eigenvalue weighted by Gasteiger charge is -2.24. The number of rotatable bonds is 12. The predicted molar refractivity (Wildman–Crippen MR) is 154 cm³/mol. The summed E-state index contributed by atoms with van der Waals surface area (Å²) in [5.74, 6) is -1.77. The van der Waals surface area contributed by atoms with E-state index in [1.54, 1.807) is 26.1 Å². The van der Waals surface area contributed by atoms with Gasteiger partial charge in [0.1, 0.15) is 16.7 Å². The molecule has 1 aromatic carbocycles. The van der Waals surface area contributed by atoms with Crippen LogP contribution in [-0.2, 0) is 11.0 Å². The van der Waals surface area contributed by atoms with Crippen LogP contribution in [0.25, 0.3) is 4.91 Å². The molecule has 208 valence electrons. The molecule has 0 radical (unpaired) electrons. The summed E-state index contributed by atoms with van der Waals surface area (Å²) in [6.07, 6.45) is 4.45. The number of aromatic nitrogens is 2. The lowest BCUT2D eigenvalue weighted by molar-refractivity contribution is 0.333. The van der Waals surface area contributed by atoms with Gasteiger partial charge in [-0.25, -0.2) is 18.6 Å². The van der Waals surface area contributed by atoms with Gasteiger partial charge in [0, 0.05) is 30.0 Å². The van der Waals surface area contributed by atoms with Crippen LogP contribution in [-0.4, -0.2) is 38.6 Å². The van der Waals surface area contributed by atoms with E-state index in [4.69, 9.17) is 9.72 Å². The highest BCUT2D eigenvalue weighted by Gasteiger charge is 2.24. The van der Waals surface area contributed by atoms with Gasteiger partial charge in [0.15, 0.2) is 11.6 Å². The van der Waals surface area contributed by atoms with Crippen LogP contribution in [0.15, 0.2) is 41.6 Å². The average molecular weight is 566 g/mol. The standard InChI is InChI=1S/C27H37F2N5O2S2/c1-7-18(6)25(36-22-11-10-20(23(28)24(22)29)34-38(35)17(4)5)26(37-16(2)3)21-12-14-31-27(33-21)32-19-9-8-13-30-15-19/h10-12,14,17-19,30,34H,2,7-9,13,15H2,1,3-6H3,(H,31,32,33)/b26-25+. The first-order valence-corrected chi connectivity index (χ1v) is 14.8. The van der Waals surface area contributed by atoms with Gasteiger partial charge in [0.2, 0.25) is 11.8 Å². The number of allylic oxidation sites excluding steroid dienone is 2. The number of nitrogens with one attached hydrogen (secondary N) is 3. The minimum absolute atomic E-state index is 0.139. The van der Waals surface area contributed by atoms with Crippen molar-refractivity contribution in [3.05, 3.63) is 59.0 Å². The van der Waals surface area contributed by atoms with E-state index < -0.39 is 22.6 Å². The molecular weight excluding hydrogens is 528 g/mol. The molecular formula is C27H37F2N5O2S2. The molecule has 1 fully saturated rings. The summed E-state index contributed by atoms with van der Waals surface area (Å²) < 4.78 is 50.8. The summed E-state index contributed by atoms with van der Waals surface area (Å²) in [5.41, 5.74) is 0.414. The molecule has 3 N–H and O–H groups in total. The largest absolute Gasteiger partial charge is 0.457 e. The molecule has 7 nitrogen and oxygen atoms in total. The van der Waals surface area contributed by atoms with Crippen LogP contribution >= 0.6 is 11.8 Å². The van der Waals surface area contributed by atoms with Gasteiger partial charge >= 0.3 is 0 Å². The van der Waals surface area contributed by atoms with E-state index in [1.807, 2.05) is 20.8 Å². The molecule has 11 heteroatoms. The molecule has 3 atom stereocenters. The van der Waals surface area contributed by atoms with Crippen molar-refractivity contribution in [3.8, 4) is 5.75 Å². The summed E-state index contributed by atoms with van der Waals surface area (Å²) >= 11 is 1.36. The van der Waals surface area contributed by atoms with Crippen LogP contribution in [0.4, 0.5) is 20.4 Å². The number of benzene rings is 1. The van der Waals surface area contributed by atoms with Crippen molar-refractivity contribution in [3.63, 3.8) is 0 Å². The van der Waals surface area contributed by atoms with Gasteiger partial charge in [0.05, 0.1) is 16.3 Å². The van der Waals surface area contributed by atoms with E-state index in [-0.39, 0.29) is 28.6 Å². The molecule has 0 aliphatic carbocycles. The van der Waals surface area contributed by atoms with E-state index in [2.05, 4.69) is 26.9 Å². The number of hydrogen-bond acceptors (Lipinski definition) is 7. The van der Waals surface area contributed by atoms with E-state index in [1.165, 1.54) is 23.9 Å². The first-order chi connectivity index (χ1) is 18.1. The summed E-state index contributed by atoms with van der Waals surface area (Å²) in [7, 11) is -1.56. The normalized spacial score (nSPS) is 17.9. The van der Waals surface area contributed by atoms with Crippen LogP contribution in [0.1, 0.15) is 59.6 Å². The molecule has 0 amide bonds. The molecule has 3 unspecified atom stereocenters. The number of halogens is 2. The van der Waals surface area contributed by atoms with Gasteiger partial charge in [-0.3, -0.25) is 0 Å². The Morgan fingerprint density at radius 3 is 2.68 bits per heavy atom. The smallest absolute Gasteiger partial charge is 0.223 e. The topological polar surface area (TPSA) is 88.2 Å². The third kappa shape index (κ3) is 8.00. The van der Waals surface area contributed by atoms with Gasteiger partial charge in [-0.1, -0.05) is 32.2 Å². The second-order valence-corrected chi connectivity index (χ2v) is 12.6. The fourth-order valence-corrected chi connectivity index (χ4v) is 5.23. The van der Waals surface area contributed by atoms with Gasteiger partial charge < -0.3 is 20.1 Å². The molecule has 1 aliphatic heterocycles. The van der Waals surface area contributed by atoms with Crippen LogP contribution in [0.5, 0.6) is 5.75 Å². The zero-order valence-electron chi connectivity index (χ0n) is 22.6. The Hall–Kier alpha value is -2.50. The highest BCUT2D eigenvalue weighted by atomic mass is 32.2. The highest BCUT2D eigenvalue weighted by molar-refractivity contribution is 8.11. The molecule has 0 spiro atoms. The number of nitrogens with zero attached hydrogens (tertiary/aromatic N) is 2. The molecule has 1 saturated heterocycles. The van der Waals surface area contributed by atoms with Gasteiger partial charge in [-0.05, 0) is 69.7 Å². The second kappa shape index (κ2) is 14.0. The van der Waals surface area contributed by atoms with Gasteiger partial charge in [0.25, 0.3) is 0 Å². The maximum atomic E-state index is 15.2. The number of thioether (sulfide) groups is 1. The Balaban J connectivity index is 2.01. The van der Waals surface area contributed by atoms with E-state index in [0.29, 0.717) is 28.7 Å². The van der Waals surface area contributed by atoms with Crippen LogP contribution in [0.3, 0.4) is 0 Å². The van der Waals surface area contributed by atoms with Crippen molar-refractivity contribution < 1.29 is 17.7 Å². The lowest BCUT2D eigenvalue weighted by atomic mass is 10.1. The molecule has 1 aliphatic rings. The monoisotopic (exact) mass is 565 g/mol. The van der Waals surface area contributed by atoms with Crippen molar-refractivity contribution in [1.29, 1.82) is 0 Å². The number of ether oxygens (including phenoxy) is 1. The molecule has 38 heavy (non-hydrogen) atoms. The molecule has 1 aromatic heterocycles. The minimum atomic E-state index is -1.56. The molecule has 3 rings (SSSR count). The minimum Gasteiger partial charge on any atom is -0.457 e. The Kier molecular flexibility index (Phi) is 11.1. The summed E-state index contributed by atoms with van der Waals surface area (Å²) in [5, 5.41) is 6.48. The summed E-state index contributed by atoms with van der Waals surface area (Å²) in [6.45, 7) is 15.1.